The predicted octanol–water partition coefficient (Wildman–Crippen LogP) is 2.78. The molecule has 3 aromatic heterocycles. The minimum absolute atomic E-state index is 0.151. The zero-order valence-electron chi connectivity index (χ0n) is 17.5. The standard InChI is InChI=1S/C22H27ClN6O2/c1-13-15(14-4-7-24-8-5-14)2-3-19-16(10-26-29(13)19)21-17(23)11-25-22(28-21)27-18-6-9-31-12-20(18)30/h2-3,10-11,14,18,20,24,30H,4-9,12H2,1H3,(H,25,27,28)/t18-,20-/m1/s1. The number of nitrogens with zero attached hydrogens (tertiary/aromatic N) is 4. The quantitative estimate of drug-likeness (QED) is 0.571. The van der Waals surface area contributed by atoms with Crippen molar-refractivity contribution in [2.75, 3.05) is 31.6 Å². The molecule has 3 N–H and O–H groups in total. The predicted molar refractivity (Wildman–Crippen MR) is 120 cm³/mol. The van der Waals surface area contributed by atoms with Crippen molar-refractivity contribution in [2.24, 2.45) is 0 Å². The Kier molecular flexibility index (Phi) is 5.79. The van der Waals surface area contributed by atoms with Crippen LogP contribution >= 0.6 is 11.6 Å². The maximum absolute atomic E-state index is 10.2. The zero-order valence-corrected chi connectivity index (χ0v) is 18.3. The van der Waals surface area contributed by atoms with E-state index in [1.165, 1.54) is 5.56 Å². The normalized spacial score (nSPS) is 22.7. The monoisotopic (exact) mass is 442 g/mol. The Bertz CT molecular complexity index is 1080. The first-order chi connectivity index (χ1) is 15.1. The number of rotatable bonds is 4. The van der Waals surface area contributed by atoms with Gasteiger partial charge < -0.3 is 20.5 Å². The molecular formula is C22H27ClN6O2. The van der Waals surface area contributed by atoms with E-state index in [2.05, 4.69) is 44.8 Å². The number of nitrogens with one attached hydrogen (secondary N) is 2. The second-order valence-corrected chi connectivity index (χ2v) is 8.73. The molecule has 2 atom stereocenters. The van der Waals surface area contributed by atoms with E-state index in [1.54, 1.807) is 6.20 Å². The molecule has 0 radical (unpaired) electrons. The van der Waals surface area contributed by atoms with Gasteiger partial charge in [-0.25, -0.2) is 14.5 Å². The van der Waals surface area contributed by atoms with Gasteiger partial charge in [0.1, 0.15) is 0 Å². The first-order valence-electron chi connectivity index (χ1n) is 10.8. The summed E-state index contributed by atoms with van der Waals surface area (Å²) in [5, 5.41) is 21.9. The third-order valence-corrected chi connectivity index (χ3v) is 6.66. The van der Waals surface area contributed by atoms with Gasteiger partial charge in [0.15, 0.2) is 0 Å². The molecule has 3 aromatic rings. The number of piperidine rings is 1. The summed E-state index contributed by atoms with van der Waals surface area (Å²) in [7, 11) is 0. The van der Waals surface area contributed by atoms with E-state index in [0.717, 1.165) is 42.7 Å². The Labute approximate surface area is 186 Å². The average molecular weight is 443 g/mol. The average Bonchev–Trinajstić information content (AvgIpc) is 3.22. The number of fused-ring (bicyclic) bond motifs is 1. The fraction of sp³-hybridized carbons (Fsp3) is 0.500. The second kappa shape index (κ2) is 8.70. The van der Waals surface area contributed by atoms with Crippen LogP contribution in [0.1, 0.15) is 36.4 Å². The van der Waals surface area contributed by atoms with Crippen molar-refractivity contribution < 1.29 is 9.84 Å². The van der Waals surface area contributed by atoms with Crippen LogP contribution in [0, 0.1) is 6.92 Å². The van der Waals surface area contributed by atoms with Crippen LogP contribution in [-0.2, 0) is 4.74 Å². The maximum Gasteiger partial charge on any atom is 0.223 e. The van der Waals surface area contributed by atoms with E-state index in [0.29, 0.717) is 42.2 Å². The number of hydrogen-bond donors (Lipinski definition) is 3. The maximum atomic E-state index is 10.2. The molecule has 0 saturated carbocycles. The van der Waals surface area contributed by atoms with E-state index >= 15 is 0 Å². The zero-order chi connectivity index (χ0) is 21.4. The van der Waals surface area contributed by atoms with E-state index in [9.17, 15) is 5.11 Å². The van der Waals surface area contributed by atoms with Crippen molar-refractivity contribution in [3.63, 3.8) is 0 Å². The van der Waals surface area contributed by atoms with Gasteiger partial charge in [-0.1, -0.05) is 17.7 Å². The number of hydrogen-bond acceptors (Lipinski definition) is 7. The summed E-state index contributed by atoms with van der Waals surface area (Å²) >= 11 is 6.49. The van der Waals surface area contributed by atoms with Crippen LogP contribution in [0.4, 0.5) is 5.95 Å². The molecule has 2 aliphatic rings. The Hall–Kier alpha value is -2.26. The third kappa shape index (κ3) is 4.01. The lowest BCUT2D eigenvalue weighted by molar-refractivity contribution is -0.0136. The highest BCUT2D eigenvalue weighted by Gasteiger charge is 2.25. The number of aryl methyl sites for hydroxylation is 1. The third-order valence-electron chi connectivity index (χ3n) is 6.38. The van der Waals surface area contributed by atoms with Crippen molar-refractivity contribution in [1.29, 1.82) is 0 Å². The van der Waals surface area contributed by atoms with Crippen molar-refractivity contribution in [1.82, 2.24) is 24.9 Å². The SMILES string of the molecule is Cc1c(C2CCNCC2)ccc2c(-c3nc(N[C@@H]4CCOC[C@H]4O)ncc3Cl)cnn12. The fourth-order valence-electron chi connectivity index (χ4n) is 4.63. The fourth-order valence-corrected chi connectivity index (χ4v) is 4.82. The summed E-state index contributed by atoms with van der Waals surface area (Å²) in [6, 6.07) is 4.18. The summed E-state index contributed by atoms with van der Waals surface area (Å²) in [5.41, 5.74) is 4.97. The summed E-state index contributed by atoms with van der Waals surface area (Å²) in [6.45, 7) is 5.15. The molecule has 31 heavy (non-hydrogen) atoms. The minimum Gasteiger partial charge on any atom is -0.389 e. The van der Waals surface area contributed by atoms with Crippen molar-refractivity contribution >= 4 is 23.1 Å². The number of ether oxygens (including phenoxy) is 1. The highest BCUT2D eigenvalue weighted by Crippen LogP contribution is 2.33. The molecule has 9 heteroatoms. The molecule has 2 fully saturated rings. The van der Waals surface area contributed by atoms with Crippen LogP contribution in [-0.4, -0.2) is 63.1 Å². The van der Waals surface area contributed by atoms with Crippen LogP contribution in [0.3, 0.4) is 0 Å². The summed E-state index contributed by atoms with van der Waals surface area (Å²) < 4.78 is 7.28. The molecule has 5 rings (SSSR count). The smallest absolute Gasteiger partial charge is 0.223 e. The molecule has 5 heterocycles. The molecule has 0 spiro atoms. The van der Waals surface area contributed by atoms with Crippen molar-refractivity contribution in [2.45, 2.75) is 44.2 Å². The molecule has 0 aromatic carbocycles. The molecule has 0 bridgehead atoms. The van der Waals surface area contributed by atoms with E-state index in [-0.39, 0.29) is 6.04 Å². The lowest BCUT2D eigenvalue weighted by Gasteiger charge is -2.28. The Morgan fingerprint density at radius 1 is 1.23 bits per heavy atom. The van der Waals surface area contributed by atoms with Gasteiger partial charge >= 0.3 is 0 Å². The number of anilines is 1. The van der Waals surface area contributed by atoms with Crippen LogP contribution in [0.2, 0.25) is 5.02 Å². The van der Waals surface area contributed by atoms with Gasteiger partial charge in [0.2, 0.25) is 5.95 Å². The van der Waals surface area contributed by atoms with Gasteiger partial charge in [0.05, 0.1) is 47.4 Å². The van der Waals surface area contributed by atoms with Crippen molar-refractivity contribution in [3.05, 3.63) is 40.8 Å². The van der Waals surface area contributed by atoms with E-state index in [1.807, 2.05) is 10.7 Å². The van der Waals surface area contributed by atoms with Crippen LogP contribution < -0.4 is 10.6 Å². The van der Waals surface area contributed by atoms with Crippen molar-refractivity contribution in [3.8, 4) is 11.3 Å². The number of aliphatic hydroxyl groups is 1. The molecule has 0 amide bonds. The summed E-state index contributed by atoms with van der Waals surface area (Å²) in [4.78, 5) is 8.98. The summed E-state index contributed by atoms with van der Waals surface area (Å²) in [6.07, 6.45) is 5.80. The second-order valence-electron chi connectivity index (χ2n) is 8.33. The minimum atomic E-state index is -0.593. The van der Waals surface area contributed by atoms with Gasteiger partial charge in [-0.3, -0.25) is 0 Å². The molecule has 0 unspecified atom stereocenters. The Balaban J connectivity index is 1.48. The molecule has 2 saturated heterocycles. The van der Waals surface area contributed by atoms with Gasteiger partial charge in [-0.05, 0) is 56.8 Å². The van der Waals surface area contributed by atoms with Gasteiger partial charge in [-0.15, -0.1) is 0 Å². The highest BCUT2D eigenvalue weighted by molar-refractivity contribution is 6.33. The number of aliphatic hydroxyl groups excluding tert-OH is 1. The number of pyridine rings is 1. The van der Waals surface area contributed by atoms with Crippen LogP contribution in [0.25, 0.3) is 16.8 Å². The largest absolute Gasteiger partial charge is 0.389 e. The number of aromatic nitrogens is 4. The first-order valence-corrected chi connectivity index (χ1v) is 11.2. The Morgan fingerprint density at radius 2 is 2.06 bits per heavy atom. The first kappa shape index (κ1) is 20.6. The van der Waals surface area contributed by atoms with E-state index in [4.69, 9.17) is 16.3 Å². The van der Waals surface area contributed by atoms with Crippen LogP contribution in [0.15, 0.2) is 24.5 Å². The highest BCUT2D eigenvalue weighted by atomic mass is 35.5. The Morgan fingerprint density at radius 3 is 2.87 bits per heavy atom. The number of halogens is 1. The molecular weight excluding hydrogens is 416 g/mol. The lowest BCUT2D eigenvalue weighted by Crippen LogP contribution is -2.42. The lowest BCUT2D eigenvalue weighted by atomic mass is 9.89. The van der Waals surface area contributed by atoms with Crippen LogP contribution in [0.5, 0.6) is 0 Å². The van der Waals surface area contributed by atoms with Gasteiger partial charge in [-0.2, -0.15) is 5.10 Å². The topological polar surface area (TPSA) is 96.6 Å². The van der Waals surface area contributed by atoms with Gasteiger partial charge in [0.25, 0.3) is 0 Å². The van der Waals surface area contributed by atoms with E-state index < -0.39 is 6.10 Å². The molecule has 0 aliphatic carbocycles. The van der Waals surface area contributed by atoms with Gasteiger partial charge in [0, 0.05) is 17.9 Å². The molecule has 8 nitrogen and oxygen atoms in total. The molecule has 2 aliphatic heterocycles. The molecule has 164 valence electrons. The summed E-state index contributed by atoms with van der Waals surface area (Å²) in [5.74, 6) is 0.996.